The number of hydrogen-bond acceptors (Lipinski definition) is 3. The first-order valence-corrected chi connectivity index (χ1v) is 9.80. The maximum Gasteiger partial charge on any atom is 0.328 e. The highest BCUT2D eigenvalue weighted by molar-refractivity contribution is 5.92. The molecule has 0 bridgehead atoms. The number of hydrogen-bond donors (Lipinski definition) is 1. The quantitative estimate of drug-likeness (QED) is 0.518. The summed E-state index contributed by atoms with van der Waals surface area (Å²) < 4.78 is 9.16. The van der Waals surface area contributed by atoms with Gasteiger partial charge in [0, 0.05) is 20.0 Å². The highest BCUT2D eigenvalue weighted by Gasteiger charge is 2.13. The zero-order valence-electron chi connectivity index (χ0n) is 17.0. The molecule has 1 N–H and O–H groups in total. The maximum atomic E-state index is 12.6. The lowest BCUT2D eigenvalue weighted by atomic mass is 10.2. The number of anilines is 1. The molecule has 0 spiro atoms. The summed E-state index contributed by atoms with van der Waals surface area (Å²) >= 11 is 0. The van der Waals surface area contributed by atoms with E-state index in [0.717, 1.165) is 16.6 Å². The van der Waals surface area contributed by atoms with E-state index in [4.69, 9.17) is 4.74 Å². The van der Waals surface area contributed by atoms with Gasteiger partial charge >= 0.3 is 5.69 Å². The summed E-state index contributed by atoms with van der Waals surface area (Å²) in [4.78, 5) is 25.1. The number of nitrogens with one attached hydrogen (secondary N) is 1. The van der Waals surface area contributed by atoms with E-state index in [9.17, 15) is 9.59 Å². The van der Waals surface area contributed by atoms with Crippen molar-refractivity contribution in [3.05, 3.63) is 88.8 Å². The van der Waals surface area contributed by atoms with Gasteiger partial charge in [-0.3, -0.25) is 13.9 Å². The van der Waals surface area contributed by atoms with Gasteiger partial charge in [0.15, 0.2) is 5.75 Å². The van der Waals surface area contributed by atoms with Crippen LogP contribution in [0.25, 0.3) is 11.0 Å². The lowest BCUT2D eigenvalue weighted by Crippen LogP contribution is -2.24. The third-order valence-corrected chi connectivity index (χ3v) is 5.02. The molecule has 0 aliphatic rings. The Hall–Kier alpha value is -3.80. The molecule has 0 saturated heterocycles. The van der Waals surface area contributed by atoms with Gasteiger partial charge in [0.2, 0.25) is 5.91 Å². The molecule has 4 aromatic rings. The summed E-state index contributed by atoms with van der Waals surface area (Å²) in [6.45, 7) is 2.31. The van der Waals surface area contributed by atoms with Gasteiger partial charge in [-0.05, 0) is 43.3 Å². The van der Waals surface area contributed by atoms with Crippen molar-refractivity contribution < 1.29 is 9.53 Å². The Kier molecular flexibility index (Phi) is 5.39. The van der Waals surface area contributed by atoms with Crippen molar-refractivity contribution in [3.8, 4) is 11.5 Å². The zero-order valence-corrected chi connectivity index (χ0v) is 17.0. The fraction of sp³-hybridized carbons (Fsp3) is 0.167. The summed E-state index contributed by atoms with van der Waals surface area (Å²) in [6.07, 6.45) is 0.173. The lowest BCUT2D eigenvalue weighted by molar-refractivity contribution is -0.116. The molecule has 0 radical (unpaired) electrons. The number of amides is 1. The third-order valence-electron chi connectivity index (χ3n) is 5.02. The van der Waals surface area contributed by atoms with E-state index in [1.54, 1.807) is 22.2 Å². The number of nitrogens with zero attached hydrogens (tertiary/aromatic N) is 2. The summed E-state index contributed by atoms with van der Waals surface area (Å²) in [5.74, 6) is 1.08. The molecule has 0 aliphatic carbocycles. The van der Waals surface area contributed by atoms with Crippen molar-refractivity contribution in [2.45, 2.75) is 19.9 Å². The van der Waals surface area contributed by atoms with Crippen LogP contribution in [0, 0.1) is 6.92 Å². The highest BCUT2D eigenvalue weighted by Crippen LogP contribution is 2.29. The molecule has 3 aromatic carbocycles. The molecule has 0 saturated carbocycles. The van der Waals surface area contributed by atoms with Crippen molar-refractivity contribution in [1.29, 1.82) is 0 Å². The molecule has 0 fully saturated rings. The molecule has 4 rings (SSSR count). The predicted molar refractivity (Wildman–Crippen MR) is 118 cm³/mol. The second-order valence-electron chi connectivity index (χ2n) is 7.19. The minimum Gasteiger partial charge on any atom is -0.455 e. The van der Waals surface area contributed by atoms with Crippen LogP contribution >= 0.6 is 0 Å². The van der Waals surface area contributed by atoms with Crippen LogP contribution in [0.5, 0.6) is 11.5 Å². The van der Waals surface area contributed by atoms with E-state index in [1.807, 2.05) is 73.7 Å². The molecule has 6 nitrogen and oxygen atoms in total. The Bertz CT molecular complexity index is 1250. The number of benzene rings is 3. The van der Waals surface area contributed by atoms with E-state index >= 15 is 0 Å². The van der Waals surface area contributed by atoms with E-state index in [2.05, 4.69) is 5.32 Å². The summed E-state index contributed by atoms with van der Waals surface area (Å²) in [7, 11) is 1.74. The molecule has 1 amide bonds. The van der Waals surface area contributed by atoms with Crippen molar-refractivity contribution in [2.75, 3.05) is 5.32 Å². The van der Waals surface area contributed by atoms with Gasteiger partial charge in [-0.1, -0.05) is 42.0 Å². The topological polar surface area (TPSA) is 65.3 Å². The van der Waals surface area contributed by atoms with Crippen LogP contribution in [-0.4, -0.2) is 15.0 Å². The molecule has 6 heteroatoms. The van der Waals surface area contributed by atoms with Crippen molar-refractivity contribution in [2.24, 2.45) is 7.05 Å². The number of rotatable bonds is 6. The summed E-state index contributed by atoms with van der Waals surface area (Å²) in [5, 5.41) is 2.90. The molecule has 1 heterocycles. The Morgan fingerprint density at radius 3 is 2.37 bits per heavy atom. The molecule has 30 heavy (non-hydrogen) atoms. The second-order valence-corrected chi connectivity index (χ2v) is 7.19. The van der Waals surface area contributed by atoms with Crippen LogP contribution in [0.15, 0.2) is 77.6 Å². The average Bonchev–Trinajstić information content (AvgIpc) is 3.00. The number of para-hydroxylation sites is 4. The van der Waals surface area contributed by atoms with Gasteiger partial charge < -0.3 is 10.1 Å². The fourth-order valence-electron chi connectivity index (χ4n) is 3.40. The first kappa shape index (κ1) is 19.5. The van der Waals surface area contributed by atoms with Crippen LogP contribution in [0.4, 0.5) is 5.69 Å². The Morgan fingerprint density at radius 2 is 1.60 bits per heavy atom. The highest BCUT2D eigenvalue weighted by atomic mass is 16.5. The zero-order chi connectivity index (χ0) is 21.1. The minimum absolute atomic E-state index is 0.132. The van der Waals surface area contributed by atoms with Gasteiger partial charge in [-0.15, -0.1) is 0 Å². The Balaban J connectivity index is 1.47. The first-order valence-electron chi connectivity index (χ1n) is 9.80. The number of aryl methyl sites for hydroxylation is 3. The largest absolute Gasteiger partial charge is 0.455 e. The maximum absolute atomic E-state index is 12.6. The van der Waals surface area contributed by atoms with Gasteiger partial charge in [-0.2, -0.15) is 0 Å². The molecular formula is C24H23N3O3. The van der Waals surface area contributed by atoms with Crippen LogP contribution in [0.2, 0.25) is 0 Å². The Labute approximate surface area is 174 Å². The Morgan fingerprint density at radius 1 is 0.933 bits per heavy atom. The van der Waals surface area contributed by atoms with Gasteiger partial charge in [0.05, 0.1) is 16.7 Å². The standard InChI is InChI=1S/C24H23N3O3/c1-17-11-13-18(14-12-17)30-22-10-6-3-7-19(22)25-23(28)15-16-27-21-9-5-4-8-20(21)26(2)24(27)29/h3-14H,15-16H2,1-2H3,(H,25,28). The van der Waals surface area contributed by atoms with E-state index in [0.29, 0.717) is 23.7 Å². The molecule has 0 atom stereocenters. The van der Waals surface area contributed by atoms with E-state index in [-0.39, 0.29) is 18.0 Å². The number of carbonyl (C=O) groups is 1. The second kappa shape index (κ2) is 8.29. The van der Waals surface area contributed by atoms with Gasteiger partial charge in [0.25, 0.3) is 0 Å². The van der Waals surface area contributed by atoms with E-state index in [1.165, 1.54) is 0 Å². The summed E-state index contributed by atoms with van der Waals surface area (Å²) in [6, 6.07) is 22.6. The van der Waals surface area contributed by atoms with Gasteiger partial charge in [0.1, 0.15) is 5.75 Å². The minimum atomic E-state index is -0.185. The molecule has 0 aliphatic heterocycles. The number of imidazole rings is 1. The number of fused-ring (bicyclic) bond motifs is 1. The smallest absolute Gasteiger partial charge is 0.328 e. The number of ether oxygens (including phenoxy) is 1. The van der Waals surface area contributed by atoms with Crippen LogP contribution in [0.3, 0.4) is 0 Å². The first-order chi connectivity index (χ1) is 14.5. The van der Waals surface area contributed by atoms with Crippen LogP contribution < -0.4 is 15.7 Å². The lowest BCUT2D eigenvalue weighted by Gasteiger charge is -2.12. The number of carbonyl (C=O) groups excluding carboxylic acids is 1. The van der Waals surface area contributed by atoms with Crippen molar-refractivity contribution >= 4 is 22.6 Å². The molecule has 0 unspecified atom stereocenters. The molecule has 152 valence electrons. The SMILES string of the molecule is Cc1ccc(Oc2ccccc2NC(=O)CCn2c(=O)n(C)c3ccccc32)cc1. The van der Waals surface area contributed by atoms with Crippen molar-refractivity contribution in [3.63, 3.8) is 0 Å². The van der Waals surface area contributed by atoms with Crippen LogP contribution in [-0.2, 0) is 18.4 Å². The van der Waals surface area contributed by atoms with Crippen LogP contribution in [0.1, 0.15) is 12.0 Å². The van der Waals surface area contributed by atoms with Gasteiger partial charge in [-0.25, -0.2) is 4.79 Å². The summed E-state index contributed by atoms with van der Waals surface area (Å²) in [5.41, 5.74) is 3.27. The van der Waals surface area contributed by atoms with Crippen molar-refractivity contribution in [1.82, 2.24) is 9.13 Å². The average molecular weight is 401 g/mol. The fourth-order valence-corrected chi connectivity index (χ4v) is 3.40. The monoisotopic (exact) mass is 401 g/mol. The third kappa shape index (κ3) is 3.98. The van der Waals surface area contributed by atoms with E-state index < -0.39 is 0 Å². The predicted octanol–water partition coefficient (Wildman–Crippen LogP) is 4.47. The molecule has 1 aromatic heterocycles. The number of aromatic nitrogens is 2. The normalized spacial score (nSPS) is 10.9. The molecular weight excluding hydrogens is 378 g/mol.